The molecule has 2 rings (SSSR count). The van der Waals surface area contributed by atoms with Gasteiger partial charge in [0.1, 0.15) is 0 Å². The Labute approximate surface area is 193 Å². The number of hydrogen-bond acceptors (Lipinski definition) is 2. The largest absolute Gasteiger partial charge is 1.00 e. The van der Waals surface area contributed by atoms with Crippen molar-refractivity contribution in [2.75, 3.05) is 0 Å². The topological polar surface area (TPSA) is 74.6 Å². The van der Waals surface area contributed by atoms with E-state index in [-0.39, 0.29) is 29.6 Å². The summed E-state index contributed by atoms with van der Waals surface area (Å²) in [7, 11) is -4.67. The molecule has 2 N–H and O–H groups in total. The van der Waals surface area contributed by atoms with Crippen LogP contribution in [0, 0.1) is 6.07 Å². The predicted molar refractivity (Wildman–Crippen MR) is 113 cm³/mol. The van der Waals surface area contributed by atoms with Gasteiger partial charge in [-0.05, 0) is 6.42 Å². The van der Waals surface area contributed by atoms with Gasteiger partial charge in [0.2, 0.25) is 0 Å². The zero-order valence-electron chi connectivity index (χ0n) is 17.4. The predicted octanol–water partition coefficient (Wildman–Crippen LogP) is 3.45. The van der Waals surface area contributed by atoms with Crippen LogP contribution in [0.2, 0.25) is 0 Å². The number of hydrogen-bond donors (Lipinski definition) is 2. The molecule has 2 aromatic carbocycles. The monoisotopic (exact) mass is 416 g/mol. The van der Waals surface area contributed by atoms with Crippen LogP contribution in [0.5, 0.6) is 0 Å². The van der Waals surface area contributed by atoms with Crippen LogP contribution in [0.25, 0.3) is 10.8 Å². The third kappa shape index (κ3) is 15.5. The van der Waals surface area contributed by atoms with Gasteiger partial charge in [-0.3, -0.25) is 9.11 Å². The molecule has 28 heavy (non-hydrogen) atoms. The van der Waals surface area contributed by atoms with E-state index >= 15 is 0 Å². The summed E-state index contributed by atoms with van der Waals surface area (Å²) in [6, 6.07) is 16.6. The van der Waals surface area contributed by atoms with Gasteiger partial charge in [-0.2, -0.15) is 8.42 Å². The molecule has 0 saturated carbocycles. The van der Waals surface area contributed by atoms with Crippen molar-refractivity contribution in [1.82, 2.24) is 0 Å². The summed E-state index contributed by atoms with van der Waals surface area (Å²) in [5.41, 5.74) is 1.37. The minimum Gasteiger partial charge on any atom is -0.264 e. The third-order valence-electron chi connectivity index (χ3n) is 4.52. The zero-order valence-corrected chi connectivity index (χ0v) is 20.2. The molecule has 4 nitrogen and oxygen atoms in total. The first-order valence-electron chi connectivity index (χ1n) is 10.00. The van der Waals surface area contributed by atoms with Crippen LogP contribution < -0.4 is 29.6 Å². The van der Waals surface area contributed by atoms with Crippen LogP contribution in [0.1, 0.15) is 76.7 Å². The quantitative estimate of drug-likeness (QED) is 0.255. The Bertz CT molecular complexity index is 739. The number of rotatable bonds is 11. The molecular formula is C22H33NaO4S. The molecular weight excluding hydrogens is 383 g/mol. The smallest absolute Gasteiger partial charge is 0.264 e. The van der Waals surface area contributed by atoms with Gasteiger partial charge in [-0.15, -0.1) is 46.7 Å². The number of fused-ring (bicyclic) bond motifs is 1. The van der Waals surface area contributed by atoms with E-state index in [1.165, 1.54) is 87.0 Å². The van der Waals surface area contributed by atoms with Crippen molar-refractivity contribution >= 4 is 21.2 Å². The normalized spacial score (nSPS) is 10.8. The van der Waals surface area contributed by atoms with Gasteiger partial charge in [0.25, 0.3) is 0 Å². The van der Waals surface area contributed by atoms with Crippen molar-refractivity contribution in [3.63, 3.8) is 0 Å². The Morgan fingerprint density at radius 3 is 1.86 bits per heavy atom. The second-order valence-corrected chi connectivity index (χ2v) is 7.85. The minimum atomic E-state index is -4.67. The van der Waals surface area contributed by atoms with Crippen molar-refractivity contribution in [3.05, 3.63) is 48.0 Å². The second kappa shape index (κ2) is 16.4. The van der Waals surface area contributed by atoms with Gasteiger partial charge in [0.05, 0.1) is 0 Å². The molecule has 0 aromatic heterocycles. The van der Waals surface area contributed by atoms with E-state index in [1.54, 1.807) is 0 Å². The molecule has 0 aliphatic carbocycles. The SMILES string of the molecule is CCCCCCCCCCCCc1[c-]c2ccccc2cc1.O=S(=O)(O)O.[Na+]. The molecule has 0 spiro atoms. The zero-order chi connectivity index (χ0) is 20.0. The van der Waals surface area contributed by atoms with Crippen molar-refractivity contribution in [2.45, 2.75) is 77.6 Å². The van der Waals surface area contributed by atoms with Crippen molar-refractivity contribution in [3.8, 4) is 0 Å². The summed E-state index contributed by atoms with van der Waals surface area (Å²) in [6.07, 6.45) is 15.2. The van der Waals surface area contributed by atoms with Gasteiger partial charge in [0.15, 0.2) is 0 Å². The van der Waals surface area contributed by atoms with Gasteiger partial charge >= 0.3 is 40.0 Å². The van der Waals surface area contributed by atoms with E-state index in [1.807, 2.05) is 0 Å². The Hall–Kier alpha value is -0.430. The Kier molecular flexibility index (Phi) is 16.1. The standard InChI is InChI=1S/C22H31.Na.H2O4S/c1-2-3-4-5-6-7-8-9-10-11-14-20-17-18-21-15-12-13-16-22(21)19-20;;1-5(2,3)4/h12-13,15-18H,2-11,14H2,1H3;;(H2,1,2,3,4)/q-1;+1;. The van der Waals surface area contributed by atoms with Crippen LogP contribution in [0.4, 0.5) is 0 Å². The van der Waals surface area contributed by atoms with Crippen LogP contribution in [-0.4, -0.2) is 17.5 Å². The summed E-state index contributed by atoms with van der Waals surface area (Å²) < 4.78 is 31.6. The fraction of sp³-hybridized carbons (Fsp3) is 0.545. The van der Waals surface area contributed by atoms with Crippen LogP contribution in [-0.2, 0) is 16.8 Å². The fourth-order valence-corrected chi connectivity index (χ4v) is 3.11. The summed E-state index contributed by atoms with van der Waals surface area (Å²) in [6.45, 7) is 2.28. The molecule has 0 bridgehead atoms. The summed E-state index contributed by atoms with van der Waals surface area (Å²) in [5.74, 6) is 0. The van der Waals surface area contributed by atoms with E-state index in [2.05, 4.69) is 49.4 Å². The van der Waals surface area contributed by atoms with Gasteiger partial charge in [-0.25, -0.2) is 0 Å². The number of benzene rings is 2. The number of aryl methyl sites for hydroxylation is 1. The Balaban J connectivity index is 0.00000108. The molecule has 0 saturated heterocycles. The maximum Gasteiger partial charge on any atom is 1.00 e. The first-order valence-corrected chi connectivity index (χ1v) is 11.4. The van der Waals surface area contributed by atoms with Gasteiger partial charge in [0, 0.05) is 0 Å². The molecule has 0 radical (unpaired) electrons. The summed E-state index contributed by atoms with van der Waals surface area (Å²) >= 11 is 0. The van der Waals surface area contributed by atoms with Crippen molar-refractivity contribution in [1.29, 1.82) is 0 Å². The summed E-state index contributed by atoms with van der Waals surface area (Å²) in [4.78, 5) is 0. The Morgan fingerprint density at radius 1 is 0.786 bits per heavy atom. The van der Waals surface area contributed by atoms with E-state index in [0.717, 1.165) is 0 Å². The van der Waals surface area contributed by atoms with Gasteiger partial charge in [-0.1, -0.05) is 83.3 Å². The van der Waals surface area contributed by atoms with Crippen molar-refractivity contribution < 1.29 is 47.1 Å². The van der Waals surface area contributed by atoms with Crippen molar-refractivity contribution in [2.24, 2.45) is 0 Å². The fourth-order valence-electron chi connectivity index (χ4n) is 3.11. The van der Waals surface area contributed by atoms with Gasteiger partial charge < -0.3 is 0 Å². The third-order valence-corrected chi connectivity index (χ3v) is 4.52. The van der Waals surface area contributed by atoms with E-state index in [9.17, 15) is 0 Å². The van der Waals surface area contributed by atoms with Crippen LogP contribution >= 0.6 is 0 Å². The van der Waals surface area contributed by atoms with E-state index in [0.29, 0.717) is 0 Å². The van der Waals surface area contributed by atoms with Crippen LogP contribution in [0.3, 0.4) is 0 Å². The van der Waals surface area contributed by atoms with E-state index < -0.39 is 10.4 Å². The Morgan fingerprint density at radius 2 is 1.29 bits per heavy atom. The van der Waals surface area contributed by atoms with E-state index in [4.69, 9.17) is 17.5 Å². The maximum atomic E-state index is 8.74. The molecule has 0 aliphatic heterocycles. The first kappa shape index (κ1) is 27.6. The molecule has 0 aliphatic rings. The molecule has 0 atom stereocenters. The van der Waals surface area contributed by atoms with Crippen LogP contribution in [0.15, 0.2) is 36.4 Å². The molecule has 0 fully saturated rings. The molecule has 0 unspecified atom stereocenters. The molecule has 0 heterocycles. The average molecular weight is 417 g/mol. The molecule has 152 valence electrons. The molecule has 0 amide bonds. The summed E-state index contributed by atoms with van der Waals surface area (Å²) in [5, 5.41) is 2.56. The minimum absolute atomic E-state index is 0. The number of unbranched alkanes of at least 4 members (excludes halogenated alkanes) is 9. The molecule has 6 heteroatoms. The second-order valence-electron chi connectivity index (χ2n) is 6.95. The average Bonchev–Trinajstić information content (AvgIpc) is 2.62. The molecule has 2 aromatic rings. The maximum absolute atomic E-state index is 8.74. The first-order chi connectivity index (χ1) is 12.9.